The first-order valence-corrected chi connectivity index (χ1v) is 9.25. The molecule has 1 aromatic heterocycles. The van der Waals surface area contributed by atoms with E-state index in [1.54, 1.807) is 14.2 Å². The van der Waals surface area contributed by atoms with Gasteiger partial charge in [0.25, 0.3) is 0 Å². The average molecular weight is 355 g/mol. The molecule has 5 heteroatoms. The molecule has 0 N–H and O–H groups in total. The van der Waals surface area contributed by atoms with Crippen LogP contribution in [0.4, 0.5) is 5.82 Å². The summed E-state index contributed by atoms with van der Waals surface area (Å²) in [7, 11) is 3.35. The van der Waals surface area contributed by atoms with Crippen LogP contribution < -0.4 is 14.4 Å². The molecule has 3 rings (SSSR count). The highest BCUT2D eigenvalue weighted by molar-refractivity contribution is 5.43. The zero-order valence-electron chi connectivity index (χ0n) is 16.2. The number of rotatable bonds is 6. The number of anilines is 1. The van der Waals surface area contributed by atoms with Crippen LogP contribution in [0.5, 0.6) is 11.5 Å². The summed E-state index contributed by atoms with van der Waals surface area (Å²) >= 11 is 0. The lowest BCUT2D eigenvalue weighted by molar-refractivity contribution is 0.133. The van der Waals surface area contributed by atoms with Gasteiger partial charge >= 0.3 is 0 Å². The fourth-order valence-corrected chi connectivity index (χ4v) is 3.82. The molecular weight excluding hydrogens is 326 g/mol. The highest BCUT2D eigenvalue weighted by atomic mass is 16.5. The van der Waals surface area contributed by atoms with E-state index < -0.39 is 0 Å². The van der Waals surface area contributed by atoms with Crippen LogP contribution in [-0.2, 0) is 6.42 Å². The Morgan fingerprint density at radius 2 is 1.73 bits per heavy atom. The van der Waals surface area contributed by atoms with Gasteiger partial charge in [0.2, 0.25) is 0 Å². The van der Waals surface area contributed by atoms with E-state index in [0.29, 0.717) is 12.1 Å². The minimum absolute atomic E-state index is 0.487. The molecule has 1 aromatic carbocycles. The van der Waals surface area contributed by atoms with Crippen LogP contribution in [0, 0.1) is 0 Å². The number of benzene rings is 1. The minimum Gasteiger partial charge on any atom is -0.493 e. The molecule has 0 amide bonds. The monoisotopic (exact) mass is 355 g/mol. The number of aromatic nitrogens is 1. The summed E-state index contributed by atoms with van der Waals surface area (Å²) in [5.41, 5.74) is 1.27. The van der Waals surface area contributed by atoms with Crippen LogP contribution in [0.1, 0.15) is 19.4 Å². The topological polar surface area (TPSA) is 37.8 Å². The molecule has 1 aliphatic heterocycles. The van der Waals surface area contributed by atoms with Crippen molar-refractivity contribution in [2.75, 3.05) is 38.8 Å². The summed E-state index contributed by atoms with van der Waals surface area (Å²) in [5.74, 6) is 2.65. The zero-order chi connectivity index (χ0) is 18.5. The van der Waals surface area contributed by atoms with Crippen LogP contribution in [0.2, 0.25) is 0 Å². The lowest BCUT2D eigenvalue weighted by Crippen LogP contribution is -2.57. The van der Waals surface area contributed by atoms with E-state index in [0.717, 1.165) is 43.4 Å². The first-order valence-electron chi connectivity index (χ1n) is 9.25. The second kappa shape index (κ2) is 8.41. The molecule has 26 heavy (non-hydrogen) atoms. The third kappa shape index (κ3) is 4.10. The maximum atomic E-state index is 5.42. The molecular formula is C21H29N3O2. The Morgan fingerprint density at radius 3 is 2.35 bits per heavy atom. The zero-order valence-corrected chi connectivity index (χ0v) is 16.2. The van der Waals surface area contributed by atoms with Gasteiger partial charge in [0.1, 0.15) is 5.82 Å². The molecule has 2 atom stereocenters. The van der Waals surface area contributed by atoms with Crippen LogP contribution >= 0.6 is 0 Å². The maximum absolute atomic E-state index is 5.42. The predicted octanol–water partition coefficient (Wildman–Crippen LogP) is 3.24. The molecule has 0 saturated carbocycles. The van der Waals surface area contributed by atoms with Gasteiger partial charge in [0.15, 0.2) is 11.5 Å². The van der Waals surface area contributed by atoms with Crippen molar-refractivity contribution in [3.63, 3.8) is 0 Å². The molecule has 0 bridgehead atoms. The van der Waals surface area contributed by atoms with Crippen molar-refractivity contribution in [2.24, 2.45) is 0 Å². The maximum Gasteiger partial charge on any atom is 0.160 e. The van der Waals surface area contributed by atoms with Gasteiger partial charge in [-0.2, -0.15) is 0 Å². The second-order valence-corrected chi connectivity index (χ2v) is 6.97. The summed E-state index contributed by atoms with van der Waals surface area (Å²) in [5, 5.41) is 0. The number of nitrogens with zero attached hydrogens (tertiary/aromatic N) is 3. The summed E-state index contributed by atoms with van der Waals surface area (Å²) < 4.78 is 10.7. The standard InChI is InChI=1S/C21H29N3O2/c1-16-14-23(21-7-5-6-11-22-21)15-17(2)24(16)12-10-18-8-9-19(25-3)20(13-18)26-4/h5-9,11,13,16-17H,10,12,14-15H2,1-4H3. The molecule has 2 aromatic rings. The smallest absolute Gasteiger partial charge is 0.160 e. The third-order valence-electron chi connectivity index (χ3n) is 5.18. The Kier molecular flexibility index (Phi) is 5.99. The Balaban J connectivity index is 1.62. The van der Waals surface area contributed by atoms with Gasteiger partial charge in [-0.25, -0.2) is 4.98 Å². The highest BCUT2D eigenvalue weighted by Crippen LogP contribution is 2.28. The predicted molar refractivity (Wildman–Crippen MR) is 105 cm³/mol. The fraction of sp³-hybridized carbons (Fsp3) is 0.476. The van der Waals surface area contributed by atoms with Gasteiger partial charge < -0.3 is 14.4 Å². The van der Waals surface area contributed by atoms with Crippen LogP contribution in [0.15, 0.2) is 42.6 Å². The lowest BCUT2D eigenvalue weighted by Gasteiger charge is -2.45. The molecule has 1 saturated heterocycles. The minimum atomic E-state index is 0.487. The van der Waals surface area contributed by atoms with Gasteiger partial charge in [0, 0.05) is 37.9 Å². The first-order chi connectivity index (χ1) is 12.6. The van der Waals surface area contributed by atoms with Crippen LogP contribution in [0.3, 0.4) is 0 Å². The molecule has 1 fully saturated rings. The average Bonchev–Trinajstić information content (AvgIpc) is 2.67. The van der Waals surface area contributed by atoms with E-state index in [4.69, 9.17) is 9.47 Å². The van der Waals surface area contributed by atoms with E-state index >= 15 is 0 Å². The fourth-order valence-electron chi connectivity index (χ4n) is 3.82. The van der Waals surface area contributed by atoms with Crippen molar-refractivity contribution in [3.05, 3.63) is 48.2 Å². The first kappa shape index (κ1) is 18.5. The number of ether oxygens (including phenoxy) is 2. The Bertz CT molecular complexity index is 696. The van der Waals surface area contributed by atoms with Gasteiger partial charge in [-0.15, -0.1) is 0 Å². The van der Waals surface area contributed by atoms with Gasteiger partial charge in [0.05, 0.1) is 14.2 Å². The molecule has 2 unspecified atom stereocenters. The highest BCUT2D eigenvalue weighted by Gasteiger charge is 2.29. The SMILES string of the molecule is COc1ccc(CCN2C(C)CN(c3ccccn3)CC2C)cc1OC. The van der Waals surface area contributed by atoms with E-state index in [9.17, 15) is 0 Å². The molecule has 2 heterocycles. The van der Waals surface area contributed by atoms with Crippen molar-refractivity contribution in [1.82, 2.24) is 9.88 Å². The van der Waals surface area contributed by atoms with Gasteiger partial charge in [-0.05, 0) is 50.1 Å². The number of piperazine rings is 1. The van der Waals surface area contributed by atoms with Gasteiger partial charge in [-0.3, -0.25) is 4.90 Å². The molecule has 0 aliphatic carbocycles. The van der Waals surface area contributed by atoms with E-state index in [1.165, 1.54) is 5.56 Å². The summed E-state index contributed by atoms with van der Waals surface area (Å²) in [6.45, 7) is 7.66. The number of hydrogen-bond donors (Lipinski definition) is 0. The Labute approximate surface area is 156 Å². The van der Waals surface area contributed by atoms with Crippen molar-refractivity contribution in [2.45, 2.75) is 32.4 Å². The molecule has 140 valence electrons. The molecule has 0 spiro atoms. The quantitative estimate of drug-likeness (QED) is 0.795. The van der Waals surface area contributed by atoms with Crippen molar-refractivity contribution < 1.29 is 9.47 Å². The lowest BCUT2D eigenvalue weighted by atomic mass is 10.1. The third-order valence-corrected chi connectivity index (χ3v) is 5.18. The number of pyridine rings is 1. The largest absolute Gasteiger partial charge is 0.493 e. The summed E-state index contributed by atoms with van der Waals surface area (Å²) in [6, 6.07) is 13.3. The van der Waals surface area contributed by atoms with Crippen LogP contribution in [-0.4, -0.2) is 55.8 Å². The second-order valence-electron chi connectivity index (χ2n) is 6.97. The Hall–Kier alpha value is -2.27. The normalized spacial score (nSPS) is 20.8. The molecule has 5 nitrogen and oxygen atoms in total. The van der Waals surface area contributed by atoms with Crippen molar-refractivity contribution in [1.29, 1.82) is 0 Å². The molecule has 1 aliphatic rings. The van der Waals surface area contributed by atoms with Crippen molar-refractivity contribution >= 4 is 5.82 Å². The molecule has 0 radical (unpaired) electrons. The number of methoxy groups -OCH3 is 2. The van der Waals surface area contributed by atoms with Crippen molar-refractivity contribution in [3.8, 4) is 11.5 Å². The summed E-state index contributed by atoms with van der Waals surface area (Å²) in [4.78, 5) is 9.49. The number of hydrogen-bond acceptors (Lipinski definition) is 5. The van der Waals surface area contributed by atoms with E-state index in [2.05, 4.69) is 52.9 Å². The van der Waals surface area contributed by atoms with E-state index in [-0.39, 0.29) is 0 Å². The Morgan fingerprint density at radius 1 is 1.00 bits per heavy atom. The van der Waals surface area contributed by atoms with Crippen LogP contribution in [0.25, 0.3) is 0 Å². The summed E-state index contributed by atoms with van der Waals surface area (Å²) in [6.07, 6.45) is 2.87. The van der Waals surface area contributed by atoms with E-state index in [1.807, 2.05) is 18.3 Å². The van der Waals surface area contributed by atoms with Gasteiger partial charge in [-0.1, -0.05) is 12.1 Å².